The van der Waals surface area contributed by atoms with Crippen molar-refractivity contribution < 1.29 is 51.0 Å². The van der Waals surface area contributed by atoms with Crippen LogP contribution in [0.3, 0.4) is 0 Å². The molecule has 0 unspecified atom stereocenters. The molecule has 0 aromatic heterocycles. The van der Waals surface area contributed by atoms with Gasteiger partial charge in [0, 0.05) is 0 Å². The number of rotatable bonds is 3. The number of unbranched alkanes of at least 4 members (excludes halogenated alkanes) is 1. The molecule has 0 fully saturated rings. The standard InChI is InChI=1S/2C10H15.2ClH.Zr/c1-6-7(2)9(4)10(5)8(6)3;1-3-4-5-10-7-6-9(2)8-10;;;/h1-5H3;6-8H,3-5H2,1-2H3;2*1H;/q2*-1;;;+4/p-2. The fraction of sp³-hybridized carbons (Fsp3) is 0.500. The SMILES string of the molecule is CCCC[c-]1ccc(C)c1.Cc1c(C)c(C)[c-](C)c1C.[Cl-].[Cl-].[Zr+4]. The Morgan fingerprint density at radius 2 is 1.39 bits per heavy atom. The largest absolute Gasteiger partial charge is 4.00 e. The minimum Gasteiger partial charge on any atom is -1.00 e. The molecule has 0 saturated carbocycles. The van der Waals surface area contributed by atoms with E-state index in [2.05, 4.69) is 66.7 Å². The minimum absolute atomic E-state index is 0. The number of hydrogen-bond donors (Lipinski definition) is 0. The summed E-state index contributed by atoms with van der Waals surface area (Å²) in [6, 6.07) is 6.69. The van der Waals surface area contributed by atoms with E-state index in [0.717, 1.165) is 0 Å². The van der Waals surface area contributed by atoms with Crippen LogP contribution in [-0.2, 0) is 32.6 Å². The van der Waals surface area contributed by atoms with Crippen LogP contribution in [0.15, 0.2) is 18.2 Å². The van der Waals surface area contributed by atoms with Crippen molar-refractivity contribution in [3.05, 3.63) is 57.1 Å². The van der Waals surface area contributed by atoms with Crippen molar-refractivity contribution in [2.75, 3.05) is 0 Å². The first-order valence-electron chi connectivity index (χ1n) is 7.80. The van der Waals surface area contributed by atoms with Gasteiger partial charge in [0.25, 0.3) is 0 Å². The summed E-state index contributed by atoms with van der Waals surface area (Å²) in [5.41, 5.74) is 10.2. The number of aryl methyl sites for hydroxylation is 2. The Hall–Kier alpha value is 0.163. The maximum Gasteiger partial charge on any atom is 4.00 e. The Kier molecular flexibility index (Phi) is 16.4. The molecule has 0 bridgehead atoms. The molecule has 0 amide bonds. The summed E-state index contributed by atoms with van der Waals surface area (Å²) >= 11 is 0. The zero-order valence-electron chi connectivity index (χ0n) is 15.6. The maximum absolute atomic E-state index is 2.27. The average molecular weight is 433 g/mol. The average Bonchev–Trinajstić information content (AvgIpc) is 2.92. The van der Waals surface area contributed by atoms with Gasteiger partial charge >= 0.3 is 26.2 Å². The summed E-state index contributed by atoms with van der Waals surface area (Å²) in [5, 5.41) is 0. The molecule has 2 rings (SSSR count). The van der Waals surface area contributed by atoms with Crippen molar-refractivity contribution in [1.29, 1.82) is 0 Å². The van der Waals surface area contributed by atoms with Crippen LogP contribution in [0.1, 0.15) is 58.7 Å². The van der Waals surface area contributed by atoms with Crippen LogP contribution < -0.4 is 24.8 Å². The third-order valence-corrected chi connectivity index (χ3v) is 4.60. The molecule has 0 radical (unpaired) electrons. The quantitative estimate of drug-likeness (QED) is 0.600. The van der Waals surface area contributed by atoms with E-state index in [-0.39, 0.29) is 51.0 Å². The second-order valence-electron chi connectivity index (χ2n) is 6.03. The molecular formula is C20H30Cl2Zr. The fourth-order valence-corrected chi connectivity index (χ4v) is 2.57. The zero-order valence-corrected chi connectivity index (χ0v) is 19.6. The van der Waals surface area contributed by atoms with Gasteiger partial charge in [-0.1, -0.05) is 67.7 Å². The van der Waals surface area contributed by atoms with E-state index in [1.807, 2.05) is 0 Å². The van der Waals surface area contributed by atoms with E-state index in [0.29, 0.717) is 0 Å². The topological polar surface area (TPSA) is 0 Å². The second kappa shape index (κ2) is 13.5. The van der Waals surface area contributed by atoms with Crippen molar-refractivity contribution in [3.8, 4) is 0 Å². The van der Waals surface area contributed by atoms with E-state index in [1.165, 1.54) is 58.2 Å². The number of halogens is 2. The maximum atomic E-state index is 2.27. The van der Waals surface area contributed by atoms with E-state index < -0.39 is 0 Å². The minimum atomic E-state index is 0. The van der Waals surface area contributed by atoms with Crippen LogP contribution in [0.2, 0.25) is 0 Å². The van der Waals surface area contributed by atoms with E-state index >= 15 is 0 Å². The summed E-state index contributed by atoms with van der Waals surface area (Å²) < 4.78 is 0. The van der Waals surface area contributed by atoms with Crippen LogP contribution in [0.25, 0.3) is 0 Å². The van der Waals surface area contributed by atoms with Gasteiger partial charge in [-0.05, 0) is 0 Å². The Bertz CT molecular complexity index is 470. The Morgan fingerprint density at radius 3 is 1.65 bits per heavy atom. The normalized spacial score (nSPS) is 9.00. The first-order valence-corrected chi connectivity index (χ1v) is 7.80. The van der Waals surface area contributed by atoms with Crippen LogP contribution in [0.4, 0.5) is 0 Å². The van der Waals surface area contributed by atoms with Crippen LogP contribution >= 0.6 is 0 Å². The van der Waals surface area contributed by atoms with E-state index in [1.54, 1.807) is 0 Å². The summed E-state index contributed by atoms with van der Waals surface area (Å²) in [4.78, 5) is 0. The smallest absolute Gasteiger partial charge is 1.00 e. The van der Waals surface area contributed by atoms with Crippen LogP contribution in [0, 0.1) is 41.5 Å². The van der Waals surface area contributed by atoms with Crippen molar-refractivity contribution in [2.45, 2.75) is 67.7 Å². The van der Waals surface area contributed by atoms with Crippen molar-refractivity contribution in [3.63, 3.8) is 0 Å². The van der Waals surface area contributed by atoms with E-state index in [4.69, 9.17) is 0 Å². The van der Waals surface area contributed by atoms with Gasteiger partial charge in [0.2, 0.25) is 0 Å². The molecule has 0 nitrogen and oxygen atoms in total. The third kappa shape index (κ3) is 8.19. The zero-order chi connectivity index (χ0) is 15.3. The summed E-state index contributed by atoms with van der Waals surface area (Å²) in [6.45, 7) is 15.4. The van der Waals surface area contributed by atoms with Crippen molar-refractivity contribution in [2.24, 2.45) is 0 Å². The molecule has 0 aliphatic heterocycles. The second-order valence-corrected chi connectivity index (χ2v) is 6.03. The molecule has 0 aliphatic carbocycles. The van der Waals surface area contributed by atoms with Crippen molar-refractivity contribution in [1.82, 2.24) is 0 Å². The predicted molar refractivity (Wildman–Crippen MR) is 91.1 cm³/mol. The predicted octanol–water partition coefficient (Wildman–Crippen LogP) is 0.00962. The molecule has 23 heavy (non-hydrogen) atoms. The summed E-state index contributed by atoms with van der Waals surface area (Å²) in [6.07, 6.45) is 3.87. The number of hydrogen-bond acceptors (Lipinski definition) is 0. The van der Waals surface area contributed by atoms with Gasteiger partial charge in [-0.15, -0.1) is 0 Å². The molecule has 2 aromatic carbocycles. The molecule has 0 atom stereocenters. The van der Waals surface area contributed by atoms with Gasteiger partial charge in [0.05, 0.1) is 0 Å². The Morgan fingerprint density at radius 1 is 0.913 bits per heavy atom. The van der Waals surface area contributed by atoms with E-state index in [9.17, 15) is 0 Å². The van der Waals surface area contributed by atoms with Gasteiger partial charge in [0.15, 0.2) is 0 Å². The Balaban J connectivity index is -0.000000308. The van der Waals surface area contributed by atoms with Crippen LogP contribution in [0.5, 0.6) is 0 Å². The monoisotopic (exact) mass is 430 g/mol. The summed E-state index contributed by atoms with van der Waals surface area (Å²) in [7, 11) is 0. The molecule has 0 saturated heterocycles. The van der Waals surface area contributed by atoms with Gasteiger partial charge in [0.1, 0.15) is 0 Å². The molecule has 128 valence electrons. The van der Waals surface area contributed by atoms with Gasteiger partial charge < -0.3 is 24.8 Å². The van der Waals surface area contributed by atoms with Gasteiger partial charge in [-0.25, -0.2) is 11.6 Å². The molecule has 3 heteroatoms. The van der Waals surface area contributed by atoms with Gasteiger partial charge in [-0.3, -0.25) is 0 Å². The molecule has 0 aliphatic rings. The third-order valence-electron chi connectivity index (χ3n) is 4.60. The molecule has 0 heterocycles. The van der Waals surface area contributed by atoms with Crippen LogP contribution in [-0.4, -0.2) is 0 Å². The molecule has 0 N–H and O–H groups in total. The Labute approximate surface area is 175 Å². The fourth-order valence-electron chi connectivity index (χ4n) is 2.57. The van der Waals surface area contributed by atoms with Gasteiger partial charge in [-0.2, -0.15) is 45.5 Å². The molecule has 0 spiro atoms. The van der Waals surface area contributed by atoms with Crippen molar-refractivity contribution >= 4 is 0 Å². The first-order chi connectivity index (χ1) is 9.38. The first kappa shape index (κ1) is 28.0. The molecule has 2 aromatic rings. The summed E-state index contributed by atoms with van der Waals surface area (Å²) in [5.74, 6) is 0. The molecular weight excluding hydrogens is 402 g/mol.